The van der Waals surface area contributed by atoms with Crippen molar-refractivity contribution in [2.75, 3.05) is 45.9 Å². The lowest BCUT2D eigenvalue weighted by Gasteiger charge is -2.16. The molecular weight excluding hydrogens is 556 g/mol. The van der Waals surface area contributed by atoms with E-state index in [1.165, 1.54) is 0 Å². The Morgan fingerprint density at radius 1 is 1.22 bits per heavy atom. The van der Waals surface area contributed by atoms with Crippen molar-refractivity contribution in [2.24, 2.45) is 0 Å². The van der Waals surface area contributed by atoms with Gasteiger partial charge in [-0.15, -0.1) is 0 Å². The van der Waals surface area contributed by atoms with Crippen molar-refractivity contribution in [1.82, 2.24) is 24.8 Å². The number of benzene rings is 1. The van der Waals surface area contributed by atoms with E-state index in [-0.39, 0.29) is 58.5 Å². The van der Waals surface area contributed by atoms with Gasteiger partial charge < -0.3 is 48.1 Å². The number of imidazole rings is 1. The van der Waals surface area contributed by atoms with Gasteiger partial charge in [-0.05, 0) is 19.1 Å². The van der Waals surface area contributed by atoms with Gasteiger partial charge in [0.2, 0.25) is 0 Å². The zero-order chi connectivity index (χ0) is 25.7. The molecule has 0 saturated heterocycles. The molecule has 12 nitrogen and oxygen atoms in total. The number of carbonyl (C=O) groups is 2. The minimum atomic E-state index is -0.572. The van der Waals surface area contributed by atoms with Gasteiger partial charge in [-0.1, -0.05) is 11.6 Å². The molecule has 196 valence electrons. The normalized spacial score (nSPS) is 10.7. The third kappa shape index (κ3) is 6.15. The Morgan fingerprint density at radius 3 is 2.58 bits per heavy atom. The van der Waals surface area contributed by atoms with Crippen molar-refractivity contribution < 1.29 is 40.6 Å². The summed E-state index contributed by atoms with van der Waals surface area (Å²) in [6.07, 6.45) is 0. The molecule has 2 amide bonds. The van der Waals surface area contributed by atoms with E-state index >= 15 is 0 Å². The highest BCUT2D eigenvalue weighted by atomic mass is 79.9. The number of carbonyl (C=O) groups excluding carboxylic acids is 2. The second-order valence-electron chi connectivity index (χ2n) is 7.73. The highest BCUT2D eigenvalue weighted by Gasteiger charge is 2.28. The summed E-state index contributed by atoms with van der Waals surface area (Å²) in [7, 11) is 4.90. The average molecular weight is 586 g/mol. The van der Waals surface area contributed by atoms with Crippen LogP contribution in [0.25, 0.3) is 11.0 Å². The molecule has 1 aromatic carbocycles. The summed E-state index contributed by atoms with van der Waals surface area (Å²) in [5.41, 5.74) is 13.0. The fourth-order valence-corrected chi connectivity index (χ4v) is 3.81. The molecule has 0 saturated carbocycles. The monoisotopic (exact) mass is 584 g/mol. The molecule has 0 bridgehead atoms. The molecule has 0 aliphatic carbocycles. The number of hydrogen-bond acceptors (Lipinski definition) is 8. The minimum absolute atomic E-state index is 0. The van der Waals surface area contributed by atoms with Crippen molar-refractivity contribution >= 4 is 46.1 Å². The number of aryl methyl sites for hydroxylation is 1. The first-order valence-corrected chi connectivity index (χ1v) is 11.3. The Kier molecular flexibility index (Phi) is 10.3. The van der Waals surface area contributed by atoms with Crippen LogP contribution in [0.15, 0.2) is 18.2 Å². The summed E-state index contributed by atoms with van der Waals surface area (Å²) in [5, 5.41) is 2.69. The number of nitrogens with one attached hydrogen (secondary N) is 1. The van der Waals surface area contributed by atoms with E-state index in [1.54, 1.807) is 26.2 Å². The Balaban J connectivity index is 0.00000456. The van der Waals surface area contributed by atoms with Crippen LogP contribution in [0.2, 0.25) is 5.15 Å². The Morgan fingerprint density at radius 2 is 1.94 bits per heavy atom. The molecule has 2 aromatic heterocycles. The van der Waals surface area contributed by atoms with Crippen molar-refractivity contribution in [3.05, 3.63) is 34.9 Å². The van der Waals surface area contributed by atoms with Gasteiger partial charge in [0, 0.05) is 26.8 Å². The van der Waals surface area contributed by atoms with Crippen molar-refractivity contribution in [3.63, 3.8) is 0 Å². The lowest BCUT2D eigenvalue weighted by atomic mass is 10.3. The summed E-state index contributed by atoms with van der Waals surface area (Å²) >= 11 is 5.92. The summed E-state index contributed by atoms with van der Waals surface area (Å²) in [5.74, 6) is 0.507. The Labute approximate surface area is 224 Å². The Bertz CT molecular complexity index is 1250. The van der Waals surface area contributed by atoms with Crippen LogP contribution in [-0.2, 0) is 29.2 Å². The maximum atomic E-state index is 13.0. The molecule has 14 heteroatoms. The van der Waals surface area contributed by atoms with Crippen LogP contribution in [0.5, 0.6) is 5.75 Å². The van der Waals surface area contributed by atoms with Gasteiger partial charge >= 0.3 is 0 Å². The number of hydrogen-bond donors (Lipinski definition) is 3. The zero-order valence-corrected chi connectivity index (χ0v) is 22.9. The second kappa shape index (κ2) is 12.7. The van der Waals surface area contributed by atoms with Gasteiger partial charge in [0.05, 0.1) is 20.3 Å². The first-order valence-electron chi connectivity index (χ1n) is 10.9. The van der Waals surface area contributed by atoms with Gasteiger partial charge in [0.25, 0.3) is 17.6 Å². The second-order valence-corrected chi connectivity index (χ2v) is 8.08. The van der Waals surface area contributed by atoms with Crippen LogP contribution < -0.4 is 43.1 Å². The molecule has 0 unspecified atom stereocenters. The van der Waals surface area contributed by atoms with Gasteiger partial charge in [0.15, 0.2) is 40.1 Å². The maximum Gasteiger partial charge on any atom is 0.277 e. The summed E-state index contributed by atoms with van der Waals surface area (Å²) in [4.78, 5) is 35.2. The number of nitrogen functional groups attached to an aromatic ring is 2. The number of nitrogens with zero attached hydrogens (tertiary/aromatic N) is 5. The maximum absolute atomic E-state index is 13.0. The van der Waals surface area contributed by atoms with Crippen LogP contribution in [0, 0.1) is 0 Å². The van der Waals surface area contributed by atoms with Gasteiger partial charge in [0.1, 0.15) is 12.3 Å². The van der Waals surface area contributed by atoms with E-state index in [4.69, 9.17) is 32.5 Å². The van der Waals surface area contributed by atoms with Gasteiger partial charge in [-0.2, -0.15) is 0 Å². The highest BCUT2D eigenvalue weighted by Crippen LogP contribution is 2.22. The lowest BCUT2D eigenvalue weighted by molar-refractivity contribution is -0.668. The molecule has 0 spiro atoms. The number of methoxy groups -OCH3 is 2. The summed E-state index contributed by atoms with van der Waals surface area (Å²) in [6.45, 7) is 3.60. The number of nitrogens with two attached hydrogens (primary N) is 2. The SMILES string of the molecule is CCn1c(CNC(=O)c2nc(Cl)c(N)nc2N)[n+](CC(=O)N(C)CCOC)c2ccc(OC)cc21.[Br-]. The molecule has 5 N–H and O–H groups in total. The molecule has 0 atom stereocenters. The number of ether oxygens (including phenoxy) is 2. The van der Waals surface area contributed by atoms with E-state index in [0.717, 1.165) is 11.0 Å². The van der Waals surface area contributed by atoms with Crippen LogP contribution in [0.1, 0.15) is 23.2 Å². The van der Waals surface area contributed by atoms with Crippen LogP contribution in [-0.4, -0.2) is 65.7 Å². The van der Waals surface area contributed by atoms with E-state index in [9.17, 15) is 9.59 Å². The first-order chi connectivity index (χ1) is 16.7. The average Bonchev–Trinajstić information content (AvgIpc) is 3.14. The number of rotatable bonds is 10. The fourth-order valence-electron chi connectivity index (χ4n) is 3.68. The number of likely N-dealkylation sites (N-methyl/N-ethyl adjacent to an activating group) is 1. The van der Waals surface area contributed by atoms with Crippen LogP contribution in [0.4, 0.5) is 11.6 Å². The number of fused-ring (bicyclic) bond motifs is 1. The van der Waals surface area contributed by atoms with Crippen molar-refractivity contribution in [3.8, 4) is 5.75 Å². The van der Waals surface area contributed by atoms with Crippen LogP contribution in [0.3, 0.4) is 0 Å². The zero-order valence-electron chi connectivity index (χ0n) is 20.5. The molecule has 36 heavy (non-hydrogen) atoms. The highest BCUT2D eigenvalue weighted by molar-refractivity contribution is 6.31. The van der Waals surface area contributed by atoms with Gasteiger partial charge in [-0.3, -0.25) is 9.59 Å². The quantitative estimate of drug-likeness (QED) is 0.223. The van der Waals surface area contributed by atoms with E-state index in [2.05, 4.69) is 15.3 Å². The Hall–Kier alpha value is -3.16. The number of anilines is 2. The van der Waals surface area contributed by atoms with Crippen molar-refractivity contribution in [1.29, 1.82) is 0 Å². The molecular formula is C22H30BrClN8O4. The molecule has 0 aliphatic heterocycles. The van der Waals surface area contributed by atoms with Gasteiger partial charge in [-0.25, -0.2) is 19.1 Å². The summed E-state index contributed by atoms with van der Waals surface area (Å²) < 4.78 is 14.3. The standard InChI is InChI=1S/C22H29ClN8O4.BrH/c1-5-30-15-10-13(35-4)6-7-14(15)31(12-17(32)29(2)8-9-34-3)16(30)11-26-22(33)18-20(24)28-21(25)19(23)27-18;/h6-7,10H,5,8-9,11-12H2,1-4H3,(H4-,24,25,26,28,33);1H. The smallest absolute Gasteiger partial charge is 0.277 e. The predicted molar refractivity (Wildman–Crippen MR) is 131 cm³/mol. The molecule has 0 radical (unpaired) electrons. The molecule has 2 heterocycles. The van der Waals surface area contributed by atoms with Crippen molar-refractivity contribution in [2.45, 2.75) is 26.6 Å². The van der Waals surface area contributed by atoms with E-state index in [1.807, 2.05) is 34.3 Å². The first kappa shape index (κ1) is 29.1. The van der Waals surface area contributed by atoms with E-state index in [0.29, 0.717) is 31.3 Å². The third-order valence-electron chi connectivity index (χ3n) is 5.58. The van der Waals surface area contributed by atoms with Crippen LogP contribution >= 0.6 is 11.6 Å². The minimum Gasteiger partial charge on any atom is -1.00 e. The number of aromatic nitrogens is 4. The lowest BCUT2D eigenvalue weighted by Crippen LogP contribution is -3.00. The molecule has 3 aromatic rings. The summed E-state index contributed by atoms with van der Waals surface area (Å²) in [6, 6.07) is 5.60. The topological polar surface area (TPSA) is 154 Å². The number of halogens is 2. The largest absolute Gasteiger partial charge is 1.00 e. The predicted octanol–water partition coefficient (Wildman–Crippen LogP) is -2.40. The molecule has 3 rings (SSSR count). The fraction of sp³-hybridized carbons (Fsp3) is 0.409. The van der Waals surface area contributed by atoms with E-state index < -0.39 is 5.91 Å². The molecule has 0 aliphatic rings. The molecule has 0 fully saturated rings. The third-order valence-corrected chi connectivity index (χ3v) is 5.86. The number of amides is 2.